The highest BCUT2D eigenvalue weighted by atomic mass is 16.5. The van der Waals surface area contributed by atoms with Gasteiger partial charge in [0.2, 0.25) is 11.8 Å². The van der Waals surface area contributed by atoms with Crippen molar-refractivity contribution in [3.05, 3.63) is 65.2 Å². The lowest BCUT2D eigenvalue weighted by Crippen LogP contribution is -2.38. The number of aryl methyl sites for hydroxylation is 1. The van der Waals surface area contributed by atoms with Crippen molar-refractivity contribution in [1.29, 1.82) is 0 Å². The van der Waals surface area contributed by atoms with Gasteiger partial charge in [0, 0.05) is 32.1 Å². The lowest BCUT2D eigenvalue weighted by atomic mass is 10.1. The Hall–Kier alpha value is -2.82. The smallest absolute Gasteiger partial charge is 0.228 e. The molecule has 1 aliphatic carbocycles. The van der Waals surface area contributed by atoms with Gasteiger partial charge in [-0.25, -0.2) is 0 Å². The summed E-state index contributed by atoms with van der Waals surface area (Å²) >= 11 is 0. The highest BCUT2D eigenvalue weighted by Gasteiger charge is 2.40. The average Bonchev–Trinajstić information content (AvgIpc) is 3.51. The van der Waals surface area contributed by atoms with Gasteiger partial charge in [-0.3, -0.25) is 9.59 Å². The van der Waals surface area contributed by atoms with Crippen LogP contribution < -0.4 is 4.74 Å². The van der Waals surface area contributed by atoms with Crippen LogP contribution in [0.5, 0.6) is 5.75 Å². The fourth-order valence-electron chi connectivity index (χ4n) is 3.94. The number of hydrogen-bond donors (Lipinski definition) is 0. The summed E-state index contributed by atoms with van der Waals surface area (Å²) in [6, 6.07) is 16.4. The van der Waals surface area contributed by atoms with E-state index >= 15 is 0 Å². The number of carbonyl (C=O) groups is 2. The normalized spacial score (nSPS) is 18.8. The van der Waals surface area contributed by atoms with Gasteiger partial charge in [0.15, 0.2) is 0 Å². The zero-order valence-electron chi connectivity index (χ0n) is 17.1. The van der Waals surface area contributed by atoms with Gasteiger partial charge in [-0.05, 0) is 43.0 Å². The van der Waals surface area contributed by atoms with E-state index in [-0.39, 0.29) is 17.7 Å². The van der Waals surface area contributed by atoms with Gasteiger partial charge in [-0.1, -0.05) is 42.0 Å². The van der Waals surface area contributed by atoms with Crippen LogP contribution in [0.2, 0.25) is 0 Å². The first-order valence-corrected chi connectivity index (χ1v) is 10.3. The SMILES string of the molecule is COc1ccc(CN(C(=O)C2CC(=O)N(Cc3ccc(C)cc3)C2)C2CC2)cc1. The van der Waals surface area contributed by atoms with Crippen LogP contribution in [0.1, 0.15) is 36.0 Å². The number of hydrogen-bond acceptors (Lipinski definition) is 3. The summed E-state index contributed by atoms with van der Waals surface area (Å²) in [6.07, 6.45) is 2.42. The lowest BCUT2D eigenvalue weighted by Gasteiger charge is -2.26. The predicted molar refractivity (Wildman–Crippen MR) is 111 cm³/mol. The van der Waals surface area contributed by atoms with E-state index in [2.05, 4.69) is 31.2 Å². The van der Waals surface area contributed by atoms with Crippen molar-refractivity contribution < 1.29 is 14.3 Å². The highest BCUT2D eigenvalue weighted by molar-refractivity contribution is 5.89. The fourth-order valence-corrected chi connectivity index (χ4v) is 3.94. The number of rotatable bonds is 7. The van der Waals surface area contributed by atoms with Gasteiger partial charge < -0.3 is 14.5 Å². The summed E-state index contributed by atoms with van der Waals surface area (Å²) in [5.41, 5.74) is 3.40. The number of nitrogens with zero attached hydrogens (tertiary/aromatic N) is 2. The molecule has 152 valence electrons. The highest BCUT2D eigenvalue weighted by Crippen LogP contribution is 2.32. The Bertz CT molecular complexity index is 872. The Morgan fingerprint density at radius 3 is 2.34 bits per heavy atom. The quantitative estimate of drug-likeness (QED) is 0.724. The molecule has 1 atom stereocenters. The summed E-state index contributed by atoms with van der Waals surface area (Å²) in [4.78, 5) is 29.6. The topological polar surface area (TPSA) is 49.9 Å². The Morgan fingerprint density at radius 2 is 1.72 bits per heavy atom. The van der Waals surface area contributed by atoms with Crippen LogP contribution in [-0.4, -0.2) is 41.3 Å². The van der Waals surface area contributed by atoms with Crippen LogP contribution in [0.3, 0.4) is 0 Å². The Labute approximate surface area is 172 Å². The number of ether oxygens (including phenoxy) is 1. The van der Waals surface area contributed by atoms with Crippen LogP contribution in [0, 0.1) is 12.8 Å². The van der Waals surface area contributed by atoms with Crippen LogP contribution in [0.25, 0.3) is 0 Å². The van der Waals surface area contributed by atoms with Crippen molar-refractivity contribution in [2.45, 2.75) is 45.3 Å². The maximum absolute atomic E-state index is 13.3. The Kier molecular flexibility index (Phi) is 5.56. The maximum atomic E-state index is 13.3. The third-order valence-electron chi connectivity index (χ3n) is 5.84. The fraction of sp³-hybridized carbons (Fsp3) is 0.417. The van der Waals surface area contributed by atoms with Gasteiger partial charge in [-0.2, -0.15) is 0 Å². The molecule has 5 nitrogen and oxygen atoms in total. The van der Waals surface area contributed by atoms with Gasteiger partial charge in [-0.15, -0.1) is 0 Å². The largest absolute Gasteiger partial charge is 0.497 e. The van der Waals surface area contributed by atoms with Crippen molar-refractivity contribution >= 4 is 11.8 Å². The van der Waals surface area contributed by atoms with Crippen molar-refractivity contribution in [1.82, 2.24) is 9.80 Å². The molecular formula is C24H28N2O3. The minimum Gasteiger partial charge on any atom is -0.497 e. The third-order valence-corrected chi connectivity index (χ3v) is 5.84. The summed E-state index contributed by atoms with van der Waals surface area (Å²) in [6.45, 7) is 3.73. The molecule has 1 heterocycles. The molecule has 2 aromatic rings. The minimum atomic E-state index is -0.244. The second-order valence-electron chi connectivity index (χ2n) is 8.21. The summed E-state index contributed by atoms with van der Waals surface area (Å²) in [7, 11) is 1.65. The van der Waals surface area contributed by atoms with E-state index in [1.807, 2.05) is 34.1 Å². The van der Waals surface area contributed by atoms with E-state index in [9.17, 15) is 9.59 Å². The van der Waals surface area contributed by atoms with Crippen molar-refractivity contribution in [2.24, 2.45) is 5.92 Å². The van der Waals surface area contributed by atoms with E-state index < -0.39 is 0 Å². The lowest BCUT2D eigenvalue weighted by molar-refractivity contribution is -0.137. The number of amides is 2. The first-order chi connectivity index (χ1) is 14.0. The average molecular weight is 392 g/mol. The molecule has 1 saturated carbocycles. The monoisotopic (exact) mass is 392 g/mol. The summed E-state index contributed by atoms with van der Waals surface area (Å²) < 4.78 is 5.22. The Morgan fingerprint density at radius 1 is 1.07 bits per heavy atom. The van der Waals surface area contributed by atoms with E-state index in [0.717, 1.165) is 29.7 Å². The molecule has 2 fully saturated rings. The first-order valence-electron chi connectivity index (χ1n) is 10.3. The number of likely N-dealkylation sites (tertiary alicyclic amines) is 1. The van der Waals surface area contributed by atoms with Crippen LogP contribution in [-0.2, 0) is 22.7 Å². The Balaban J connectivity index is 1.41. The number of benzene rings is 2. The van der Waals surface area contributed by atoms with Crippen molar-refractivity contribution in [3.8, 4) is 5.75 Å². The van der Waals surface area contributed by atoms with Gasteiger partial charge >= 0.3 is 0 Å². The molecule has 1 saturated heterocycles. The van der Waals surface area contributed by atoms with Gasteiger partial charge in [0.05, 0.1) is 13.0 Å². The predicted octanol–water partition coefficient (Wildman–Crippen LogP) is 3.54. The van der Waals surface area contributed by atoms with E-state index in [1.54, 1.807) is 7.11 Å². The third kappa shape index (κ3) is 4.61. The first kappa shape index (κ1) is 19.5. The molecule has 0 spiro atoms. The molecule has 2 aromatic carbocycles. The molecular weight excluding hydrogens is 364 g/mol. The molecule has 0 aromatic heterocycles. The molecule has 0 radical (unpaired) electrons. The standard InChI is InChI=1S/C24H28N2O3/c1-17-3-5-18(6-4-17)14-25-16-20(13-23(25)27)24(28)26(21-9-10-21)15-19-7-11-22(29-2)12-8-19/h3-8,11-12,20-21H,9-10,13-16H2,1-2H3. The van der Waals surface area contributed by atoms with Crippen LogP contribution >= 0.6 is 0 Å². The number of methoxy groups -OCH3 is 1. The zero-order valence-corrected chi connectivity index (χ0v) is 17.1. The zero-order chi connectivity index (χ0) is 20.4. The van der Waals surface area contributed by atoms with Crippen molar-refractivity contribution in [3.63, 3.8) is 0 Å². The van der Waals surface area contributed by atoms with Gasteiger partial charge in [0.25, 0.3) is 0 Å². The van der Waals surface area contributed by atoms with Gasteiger partial charge in [0.1, 0.15) is 5.75 Å². The number of carbonyl (C=O) groups excluding carboxylic acids is 2. The van der Waals surface area contributed by atoms with E-state index in [4.69, 9.17) is 4.74 Å². The van der Waals surface area contributed by atoms with Crippen molar-refractivity contribution in [2.75, 3.05) is 13.7 Å². The molecule has 0 N–H and O–H groups in total. The molecule has 2 amide bonds. The molecule has 0 bridgehead atoms. The summed E-state index contributed by atoms with van der Waals surface area (Å²) in [5, 5.41) is 0. The maximum Gasteiger partial charge on any atom is 0.228 e. The van der Waals surface area contributed by atoms with Crippen LogP contribution in [0.15, 0.2) is 48.5 Å². The molecule has 2 aliphatic rings. The molecule has 29 heavy (non-hydrogen) atoms. The molecule has 1 unspecified atom stereocenters. The minimum absolute atomic E-state index is 0.0733. The summed E-state index contributed by atoms with van der Waals surface area (Å²) in [5.74, 6) is 0.755. The molecule has 4 rings (SSSR count). The van der Waals surface area contributed by atoms with E-state index in [1.165, 1.54) is 5.56 Å². The second kappa shape index (κ2) is 8.27. The van der Waals surface area contributed by atoms with E-state index in [0.29, 0.717) is 32.1 Å². The molecule has 5 heteroatoms. The van der Waals surface area contributed by atoms with Crippen LogP contribution in [0.4, 0.5) is 0 Å². The molecule has 1 aliphatic heterocycles. The second-order valence-corrected chi connectivity index (χ2v) is 8.21.